The van der Waals surface area contributed by atoms with E-state index in [9.17, 15) is 5.11 Å². The molecule has 13 heavy (non-hydrogen) atoms. The first kappa shape index (κ1) is 8.17. The number of aromatic nitrogens is 1. The van der Waals surface area contributed by atoms with Gasteiger partial charge in [-0.15, -0.1) is 0 Å². The van der Waals surface area contributed by atoms with Gasteiger partial charge in [-0.2, -0.15) is 0 Å². The zero-order chi connectivity index (χ0) is 9.59. The Kier molecular flexibility index (Phi) is 1.59. The molecule has 68 valence electrons. The average molecular weight is 175 g/mol. The summed E-state index contributed by atoms with van der Waals surface area (Å²) < 4.78 is 2.01. The lowest BCUT2D eigenvalue weighted by Gasteiger charge is -1.97. The van der Waals surface area contributed by atoms with Crippen molar-refractivity contribution in [1.29, 1.82) is 0 Å². The topological polar surface area (TPSA) is 25.2 Å². The van der Waals surface area contributed by atoms with E-state index in [1.54, 1.807) is 0 Å². The van der Waals surface area contributed by atoms with Gasteiger partial charge in [-0.3, -0.25) is 0 Å². The third kappa shape index (κ3) is 0.949. The van der Waals surface area contributed by atoms with Crippen LogP contribution in [-0.2, 0) is 7.05 Å². The van der Waals surface area contributed by atoms with E-state index in [0.717, 1.165) is 22.2 Å². The summed E-state index contributed by atoms with van der Waals surface area (Å²) in [7, 11) is 1.97. The van der Waals surface area contributed by atoms with Crippen molar-refractivity contribution in [2.24, 2.45) is 7.05 Å². The second-order valence-electron chi connectivity index (χ2n) is 3.46. The highest BCUT2D eigenvalue weighted by atomic mass is 16.3. The van der Waals surface area contributed by atoms with Crippen LogP contribution in [0.2, 0.25) is 0 Å². The van der Waals surface area contributed by atoms with Crippen LogP contribution in [0.25, 0.3) is 10.9 Å². The van der Waals surface area contributed by atoms with Crippen molar-refractivity contribution in [2.75, 3.05) is 0 Å². The van der Waals surface area contributed by atoms with Crippen LogP contribution in [0.15, 0.2) is 18.2 Å². The largest absolute Gasteiger partial charge is 0.505 e. The van der Waals surface area contributed by atoms with Gasteiger partial charge in [0, 0.05) is 12.4 Å². The van der Waals surface area contributed by atoms with Crippen molar-refractivity contribution in [3.63, 3.8) is 0 Å². The molecule has 1 aromatic heterocycles. The summed E-state index contributed by atoms with van der Waals surface area (Å²) in [6.45, 7) is 3.94. The molecule has 1 N–H and O–H groups in total. The van der Waals surface area contributed by atoms with Crippen LogP contribution in [-0.4, -0.2) is 9.67 Å². The minimum atomic E-state index is 0.413. The number of aryl methyl sites for hydroxylation is 2. The van der Waals surface area contributed by atoms with Gasteiger partial charge in [0.1, 0.15) is 5.75 Å². The zero-order valence-electron chi connectivity index (χ0n) is 8.13. The number of rotatable bonds is 0. The van der Waals surface area contributed by atoms with E-state index in [4.69, 9.17) is 0 Å². The van der Waals surface area contributed by atoms with Crippen LogP contribution in [0, 0.1) is 13.8 Å². The quantitative estimate of drug-likeness (QED) is 0.653. The molecule has 1 heterocycles. The van der Waals surface area contributed by atoms with Gasteiger partial charge in [0.15, 0.2) is 0 Å². The molecule has 0 radical (unpaired) electrons. The highest BCUT2D eigenvalue weighted by Crippen LogP contribution is 2.32. The van der Waals surface area contributed by atoms with Crippen molar-refractivity contribution >= 4 is 10.9 Å². The first-order valence-electron chi connectivity index (χ1n) is 4.36. The second-order valence-corrected chi connectivity index (χ2v) is 3.46. The van der Waals surface area contributed by atoms with Gasteiger partial charge in [0.2, 0.25) is 0 Å². The van der Waals surface area contributed by atoms with Gasteiger partial charge in [-0.1, -0.05) is 12.1 Å². The van der Waals surface area contributed by atoms with Crippen LogP contribution in [0.4, 0.5) is 0 Å². The van der Waals surface area contributed by atoms with Crippen LogP contribution in [0.3, 0.4) is 0 Å². The minimum absolute atomic E-state index is 0.413. The summed E-state index contributed by atoms with van der Waals surface area (Å²) in [5.74, 6) is 0.413. The summed E-state index contributed by atoms with van der Waals surface area (Å²) in [4.78, 5) is 0. The SMILES string of the molecule is Cc1cccc2c1c(O)c(C)n2C. The molecule has 0 fully saturated rings. The van der Waals surface area contributed by atoms with Crippen molar-refractivity contribution < 1.29 is 5.11 Å². The fourth-order valence-corrected chi connectivity index (χ4v) is 1.76. The maximum atomic E-state index is 9.84. The minimum Gasteiger partial charge on any atom is -0.505 e. The molecule has 2 nitrogen and oxygen atoms in total. The fraction of sp³-hybridized carbons (Fsp3) is 0.273. The standard InChI is InChI=1S/C11H13NO/c1-7-5-4-6-9-10(7)11(13)8(2)12(9)3/h4-6,13H,1-3H3. The van der Waals surface area contributed by atoms with Crippen LogP contribution >= 0.6 is 0 Å². The first-order chi connectivity index (χ1) is 6.13. The molecular formula is C11H13NO. The molecule has 2 aromatic rings. The Morgan fingerprint density at radius 1 is 1.23 bits per heavy atom. The molecule has 0 saturated carbocycles. The normalized spacial score (nSPS) is 11.0. The third-order valence-corrected chi connectivity index (χ3v) is 2.69. The van der Waals surface area contributed by atoms with Gasteiger partial charge in [0.05, 0.1) is 11.2 Å². The van der Waals surface area contributed by atoms with Gasteiger partial charge < -0.3 is 9.67 Å². The maximum absolute atomic E-state index is 9.84. The number of hydrogen-bond acceptors (Lipinski definition) is 1. The molecule has 0 spiro atoms. The van der Waals surface area contributed by atoms with Crippen molar-refractivity contribution in [2.45, 2.75) is 13.8 Å². The summed E-state index contributed by atoms with van der Waals surface area (Å²) in [5.41, 5.74) is 3.14. The molecule has 1 aromatic carbocycles. The van der Waals surface area contributed by atoms with Gasteiger partial charge in [-0.05, 0) is 25.5 Å². The molecule has 0 aliphatic rings. The highest BCUT2D eigenvalue weighted by Gasteiger charge is 2.11. The molecule has 0 unspecified atom stereocenters. The summed E-state index contributed by atoms with van der Waals surface area (Å²) in [6.07, 6.45) is 0. The highest BCUT2D eigenvalue weighted by molar-refractivity contribution is 5.91. The predicted octanol–water partition coefficient (Wildman–Crippen LogP) is 2.50. The Morgan fingerprint density at radius 3 is 2.54 bits per heavy atom. The zero-order valence-corrected chi connectivity index (χ0v) is 8.13. The summed E-state index contributed by atoms with van der Waals surface area (Å²) in [5, 5.41) is 10.8. The lowest BCUT2D eigenvalue weighted by Crippen LogP contribution is -1.88. The fourth-order valence-electron chi connectivity index (χ4n) is 1.76. The monoisotopic (exact) mass is 175 g/mol. The van der Waals surface area contributed by atoms with E-state index in [1.165, 1.54) is 0 Å². The molecule has 2 rings (SSSR count). The van der Waals surface area contributed by atoms with Crippen LogP contribution in [0.1, 0.15) is 11.3 Å². The number of aromatic hydroxyl groups is 1. The van der Waals surface area contributed by atoms with Gasteiger partial charge in [0.25, 0.3) is 0 Å². The predicted molar refractivity (Wildman–Crippen MR) is 54.1 cm³/mol. The molecule has 0 aliphatic heterocycles. The summed E-state index contributed by atoms with van der Waals surface area (Å²) >= 11 is 0. The maximum Gasteiger partial charge on any atom is 0.144 e. The number of fused-ring (bicyclic) bond motifs is 1. The molecule has 0 amide bonds. The second kappa shape index (κ2) is 2.52. The molecule has 0 bridgehead atoms. The number of hydrogen-bond donors (Lipinski definition) is 1. The lowest BCUT2D eigenvalue weighted by atomic mass is 10.1. The van der Waals surface area contributed by atoms with E-state index in [0.29, 0.717) is 5.75 Å². The molecule has 0 saturated heterocycles. The van der Waals surface area contributed by atoms with E-state index in [-0.39, 0.29) is 0 Å². The van der Waals surface area contributed by atoms with Crippen LogP contribution < -0.4 is 0 Å². The third-order valence-electron chi connectivity index (χ3n) is 2.69. The van der Waals surface area contributed by atoms with Crippen LogP contribution in [0.5, 0.6) is 5.75 Å². The smallest absolute Gasteiger partial charge is 0.144 e. The van der Waals surface area contributed by atoms with Crippen molar-refractivity contribution in [3.05, 3.63) is 29.5 Å². The Morgan fingerprint density at radius 2 is 1.92 bits per heavy atom. The van der Waals surface area contributed by atoms with Crippen molar-refractivity contribution in [3.8, 4) is 5.75 Å². The Hall–Kier alpha value is -1.44. The molecule has 0 atom stereocenters. The first-order valence-corrected chi connectivity index (χ1v) is 4.36. The Balaban J connectivity index is 3.03. The van der Waals surface area contributed by atoms with Crippen molar-refractivity contribution in [1.82, 2.24) is 4.57 Å². The van der Waals surface area contributed by atoms with E-state index < -0.39 is 0 Å². The van der Waals surface area contributed by atoms with Gasteiger partial charge in [-0.25, -0.2) is 0 Å². The number of benzene rings is 1. The molecule has 2 heteroatoms. The summed E-state index contributed by atoms with van der Waals surface area (Å²) in [6, 6.07) is 6.05. The van der Waals surface area contributed by atoms with Gasteiger partial charge >= 0.3 is 0 Å². The molecule has 0 aliphatic carbocycles. The average Bonchev–Trinajstić information content (AvgIpc) is 2.33. The van der Waals surface area contributed by atoms with E-state index >= 15 is 0 Å². The number of nitrogens with zero attached hydrogens (tertiary/aromatic N) is 1. The Bertz CT molecular complexity index is 468. The van der Waals surface area contributed by atoms with E-state index in [2.05, 4.69) is 0 Å². The Labute approximate surface area is 77.4 Å². The van der Waals surface area contributed by atoms with E-state index in [1.807, 2.05) is 43.7 Å². The lowest BCUT2D eigenvalue weighted by molar-refractivity contribution is 0.474. The molecular weight excluding hydrogens is 162 g/mol.